The predicted molar refractivity (Wildman–Crippen MR) is 84.4 cm³/mol. The molecule has 1 N–H and O–H groups in total. The second-order valence-corrected chi connectivity index (χ2v) is 5.49. The number of aryl methyl sites for hydroxylation is 2. The average Bonchev–Trinajstić information content (AvgIpc) is 2.98. The number of rotatable bonds is 5. The van der Waals surface area contributed by atoms with E-state index in [2.05, 4.69) is 32.0 Å². The van der Waals surface area contributed by atoms with Crippen LogP contribution >= 0.6 is 0 Å². The minimum atomic E-state index is -0.152. The third-order valence-corrected chi connectivity index (χ3v) is 3.97. The highest BCUT2D eigenvalue weighted by atomic mass is 16.5. The third kappa shape index (κ3) is 3.18. The maximum atomic E-state index is 12.5. The fraction of sp³-hybridized carbons (Fsp3) is 0.500. The topological polar surface area (TPSA) is 81.9 Å². The molecule has 122 valence electrons. The first kappa shape index (κ1) is 15.5. The number of aromatic nitrogens is 4. The zero-order chi connectivity index (χ0) is 16.2. The summed E-state index contributed by atoms with van der Waals surface area (Å²) in [6.45, 7) is 5.12. The molecule has 2 aromatic rings. The Hall–Kier alpha value is -2.44. The van der Waals surface area contributed by atoms with E-state index in [1.807, 2.05) is 6.92 Å². The summed E-state index contributed by atoms with van der Waals surface area (Å²) in [5.74, 6) is 2.20. The lowest BCUT2D eigenvalue weighted by Crippen LogP contribution is -2.41. The van der Waals surface area contributed by atoms with Crippen molar-refractivity contribution in [1.29, 1.82) is 0 Å². The molecule has 1 atom stereocenters. The average molecular weight is 315 g/mol. The van der Waals surface area contributed by atoms with Gasteiger partial charge in [-0.2, -0.15) is 0 Å². The highest BCUT2D eigenvalue weighted by Crippen LogP contribution is 2.18. The van der Waals surface area contributed by atoms with E-state index in [4.69, 9.17) is 4.74 Å². The van der Waals surface area contributed by atoms with Gasteiger partial charge in [-0.1, -0.05) is 6.92 Å². The fourth-order valence-corrected chi connectivity index (χ4v) is 2.84. The van der Waals surface area contributed by atoms with Gasteiger partial charge in [0, 0.05) is 31.6 Å². The molecule has 0 saturated heterocycles. The monoisotopic (exact) mass is 315 g/mol. The van der Waals surface area contributed by atoms with E-state index < -0.39 is 0 Å². The van der Waals surface area contributed by atoms with Crippen molar-refractivity contribution in [2.75, 3.05) is 6.61 Å². The number of carbonyl (C=O) groups is 1. The smallest absolute Gasteiger partial charge is 0.257 e. The molecule has 0 aromatic carbocycles. The van der Waals surface area contributed by atoms with E-state index >= 15 is 0 Å². The van der Waals surface area contributed by atoms with Crippen molar-refractivity contribution in [3.8, 4) is 5.88 Å². The highest BCUT2D eigenvalue weighted by molar-refractivity contribution is 5.96. The first-order valence-corrected chi connectivity index (χ1v) is 8.02. The molecular weight excluding hydrogens is 294 g/mol. The van der Waals surface area contributed by atoms with Crippen molar-refractivity contribution in [2.24, 2.45) is 0 Å². The summed E-state index contributed by atoms with van der Waals surface area (Å²) in [4.78, 5) is 16.7. The van der Waals surface area contributed by atoms with Crippen molar-refractivity contribution >= 4 is 5.91 Å². The van der Waals surface area contributed by atoms with Crippen molar-refractivity contribution in [2.45, 2.75) is 45.7 Å². The molecule has 0 fully saturated rings. The Labute approximate surface area is 135 Å². The molecule has 1 aliphatic heterocycles. The molecule has 7 heteroatoms. The number of nitrogens with zero attached hydrogens (tertiary/aromatic N) is 4. The van der Waals surface area contributed by atoms with Crippen molar-refractivity contribution in [3.05, 3.63) is 35.5 Å². The van der Waals surface area contributed by atoms with E-state index in [-0.39, 0.29) is 11.9 Å². The summed E-state index contributed by atoms with van der Waals surface area (Å²) >= 11 is 0. The molecule has 0 spiro atoms. The molecule has 3 rings (SSSR count). The van der Waals surface area contributed by atoms with Gasteiger partial charge in [-0.3, -0.25) is 4.79 Å². The van der Waals surface area contributed by atoms with Crippen LogP contribution in [0.25, 0.3) is 0 Å². The van der Waals surface area contributed by atoms with Crippen LogP contribution in [0.2, 0.25) is 0 Å². The Balaban J connectivity index is 1.72. The standard InChI is InChI=1S/C16H21N5O2/c1-3-13-19-20-14-8-7-11(10-21(13)14)18-15(22)12-6-5-9-17-16(12)23-4-2/h5-6,9,11H,3-4,7-8,10H2,1-2H3,(H,18,22). The Bertz CT molecular complexity index is 684. The van der Waals surface area contributed by atoms with Gasteiger partial charge in [-0.05, 0) is 25.5 Å². The van der Waals surface area contributed by atoms with Crippen LogP contribution in [0.15, 0.2) is 18.3 Å². The Morgan fingerprint density at radius 2 is 2.30 bits per heavy atom. The molecule has 0 saturated carbocycles. The minimum absolute atomic E-state index is 0.0611. The fourth-order valence-electron chi connectivity index (χ4n) is 2.84. The largest absolute Gasteiger partial charge is 0.477 e. The van der Waals surface area contributed by atoms with Gasteiger partial charge in [0.25, 0.3) is 5.91 Å². The van der Waals surface area contributed by atoms with E-state index in [0.29, 0.717) is 24.6 Å². The van der Waals surface area contributed by atoms with Gasteiger partial charge in [0.05, 0.1) is 6.61 Å². The maximum Gasteiger partial charge on any atom is 0.257 e. The summed E-state index contributed by atoms with van der Waals surface area (Å²) in [5.41, 5.74) is 0.472. The summed E-state index contributed by atoms with van der Waals surface area (Å²) in [6, 6.07) is 3.54. The van der Waals surface area contributed by atoms with Crippen LogP contribution in [0.3, 0.4) is 0 Å². The van der Waals surface area contributed by atoms with Crippen LogP contribution < -0.4 is 10.1 Å². The summed E-state index contributed by atoms with van der Waals surface area (Å²) in [5, 5.41) is 11.5. The van der Waals surface area contributed by atoms with Crippen LogP contribution in [0.5, 0.6) is 5.88 Å². The van der Waals surface area contributed by atoms with Gasteiger partial charge in [0.2, 0.25) is 5.88 Å². The van der Waals surface area contributed by atoms with Crippen molar-refractivity contribution < 1.29 is 9.53 Å². The quantitative estimate of drug-likeness (QED) is 0.901. The number of ether oxygens (including phenoxy) is 1. The minimum Gasteiger partial charge on any atom is -0.477 e. The molecule has 1 aliphatic rings. The Kier molecular flexibility index (Phi) is 4.55. The summed E-state index contributed by atoms with van der Waals surface area (Å²) < 4.78 is 7.54. The van der Waals surface area contributed by atoms with Gasteiger partial charge < -0.3 is 14.6 Å². The SMILES string of the molecule is CCOc1ncccc1C(=O)NC1CCc2nnc(CC)n2C1. The van der Waals surface area contributed by atoms with E-state index in [0.717, 1.165) is 30.9 Å². The molecule has 0 radical (unpaired) electrons. The number of carbonyl (C=O) groups excluding carboxylic acids is 1. The third-order valence-electron chi connectivity index (χ3n) is 3.97. The second kappa shape index (κ2) is 6.76. The van der Waals surface area contributed by atoms with E-state index in [1.54, 1.807) is 18.3 Å². The molecule has 23 heavy (non-hydrogen) atoms. The molecule has 7 nitrogen and oxygen atoms in total. The zero-order valence-electron chi connectivity index (χ0n) is 13.5. The van der Waals surface area contributed by atoms with Crippen molar-refractivity contribution in [3.63, 3.8) is 0 Å². The van der Waals surface area contributed by atoms with Gasteiger partial charge in [0.15, 0.2) is 0 Å². The molecule has 3 heterocycles. The molecule has 2 aromatic heterocycles. The Morgan fingerprint density at radius 1 is 1.43 bits per heavy atom. The second-order valence-electron chi connectivity index (χ2n) is 5.49. The number of nitrogens with one attached hydrogen (secondary N) is 1. The first-order chi connectivity index (χ1) is 11.2. The molecule has 0 bridgehead atoms. The normalized spacial score (nSPS) is 16.7. The molecular formula is C16H21N5O2. The van der Waals surface area contributed by atoms with Gasteiger partial charge in [0.1, 0.15) is 17.2 Å². The van der Waals surface area contributed by atoms with E-state index in [1.165, 1.54) is 0 Å². The van der Waals surface area contributed by atoms with Crippen molar-refractivity contribution in [1.82, 2.24) is 25.1 Å². The highest BCUT2D eigenvalue weighted by Gasteiger charge is 2.24. The van der Waals surface area contributed by atoms with Gasteiger partial charge >= 0.3 is 0 Å². The predicted octanol–water partition coefficient (Wildman–Crippen LogP) is 1.38. The van der Waals surface area contributed by atoms with Gasteiger partial charge in [-0.25, -0.2) is 4.98 Å². The van der Waals surface area contributed by atoms with E-state index in [9.17, 15) is 4.79 Å². The maximum absolute atomic E-state index is 12.5. The number of amides is 1. The summed E-state index contributed by atoms with van der Waals surface area (Å²) in [7, 11) is 0. The number of pyridine rings is 1. The lowest BCUT2D eigenvalue weighted by atomic mass is 10.1. The van der Waals surface area contributed by atoms with Crippen LogP contribution in [-0.4, -0.2) is 38.3 Å². The zero-order valence-corrected chi connectivity index (χ0v) is 13.5. The first-order valence-electron chi connectivity index (χ1n) is 8.02. The molecule has 0 aliphatic carbocycles. The van der Waals surface area contributed by atoms with Crippen LogP contribution in [-0.2, 0) is 19.4 Å². The van der Waals surface area contributed by atoms with Crippen LogP contribution in [0, 0.1) is 0 Å². The van der Waals surface area contributed by atoms with Crippen LogP contribution in [0.4, 0.5) is 0 Å². The molecule has 1 amide bonds. The van der Waals surface area contributed by atoms with Gasteiger partial charge in [-0.15, -0.1) is 10.2 Å². The summed E-state index contributed by atoms with van der Waals surface area (Å²) in [6.07, 6.45) is 4.14. The number of fused-ring (bicyclic) bond motifs is 1. The molecule has 1 unspecified atom stereocenters. The lowest BCUT2D eigenvalue weighted by Gasteiger charge is -2.25. The Morgan fingerprint density at radius 3 is 3.09 bits per heavy atom. The lowest BCUT2D eigenvalue weighted by molar-refractivity contribution is 0.0922. The number of hydrogen-bond acceptors (Lipinski definition) is 5. The van der Waals surface area contributed by atoms with Crippen LogP contribution in [0.1, 0.15) is 42.3 Å². The number of hydrogen-bond donors (Lipinski definition) is 1.